The van der Waals surface area contributed by atoms with E-state index in [1.807, 2.05) is 35.2 Å². The van der Waals surface area contributed by atoms with Gasteiger partial charge in [-0.3, -0.25) is 9.59 Å². The van der Waals surface area contributed by atoms with Crippen molar-refractivity contribution in [2.24, 2.45) is 0 Å². The van der Waals surface area contributed by atoms with E-state index in [1.165, 1.54) is 19.1 Å². The molecule has 2 aromatic rings. The Morgan fingerprint density at radius 1 is 1.12 bits per heavy atom. The van der Waals surface area contributed by atoms with Gasteiger partial charge in [-0.1, -0.05) is 42.5 Å². The SMILES string of the molecule is CC(=O)NC(CC(=O)N(Cc1ccc(F)cc1)C1CC1)c1ccccc1. The number of hydrogen-bond acceptors (Lipinski definition) is 2. The fourth-order valence-corrected chi connectivity index (χ4v) is 3.07. The minimum Gasteiger partial charge on any atom is -0.349 e. The first-order valence-electron chi connectivity index (χ1n) is 8.89. The standard InChI is InChI=1S/C21H23FN2O2/c1-15(25)23-20(17-5-3-2-4-6-17)13-21(26)24(19-11-12-19)14-16-7-9-18(22)10-8-16/h2-10,19-20H,11-14H2,1H3,(H,23,25). The van der Waals surface area contributed by atoms with Crippen LogP contribution in [0.5, 0.6) is 0 Å². The zero-order chi connectivity index (χ0) is 18.5. The number of rotatable bonds is 7. The van der Waals surface area contributed by atoms with Gasteiger partial charge in [-0.05, 0) is 36.1 Å². The average Bonchev–Trinajstić information content (AvgIpc) is 3.46. The summed E-state index contributed by atoms with van der Waals surface area (Å²) in [4.78, 5) is 26.4. The first-order valence-corrected chi connectivity index (χ1v) is 8.89. The molecule has 136 valence electrons. The summed E-state index contributed by atoms with van der Waals surface area (Å²) in [6.07, 6.45) is 2.19. The molecule has 1 atom stereocenters. The Labute approximate surface area is 153 Å². The lowest BCUT2D eigenvalue weighted by Gasteiger charge is -2.26. The van der Waals surface area contributed by atoms with E-state index in [9.17, 15) is 14.0 Å². The van der Waals surface area contributed by atoms with Crippen LogP contribution >= 0.6 is 0 Å². The molecular formula is C21H23FN2O2. The topological polar surface area (TPSA) is 49.4 Å². The highest BCUT2D eigenvalue weighted by Crippen LogP contribution is 2.30. The lowest BCUT2D eigenvalue weighted by Crippen LogP contribution is -2.36. The van der Waals surface area contributed by atoms with Crippen LogP contribution in [0, 0.1) is 5.82 Å². The fourth-order valence-electron chi connectivity index (χ4n) is 3.07. The molecule has 0 aliphatic heterocycles. The number of benzene rings is 2. The van der Waals surface area contributed by atoms with E-state index in [-0.39, 0.29) is 36.1 Å². The van der Waals surface area contributed by atoms with Crippen LogP contribution in [0.15, 0.2) is 54.6 Å². The molecule has 1 aliphatic carbocycles. The Morgan fingerprint density at radius 3 is 2.35 bits per heavy atom. The molecule has 26 heavy (non-hydrogen) atoms. The van der Waals surface area contributed by atoms with E-state index in [0.717, 1.165) is 24.0 Å². The van der Waals surface area contributed by atoms with Crippen LogP contribution in [0.1, 0.15) is 43.4 Å². The summed E-state index contributed by atoms with van der Waals surface area (Å²) in [5, 5.41) is 2.88. The molecule has 2 aromatic carbocycles. The van der Waals surface area contributed by atoms with Gasteiger partial charge in [0.05, 0.1) is 12.5 Å². The maximum absolute atomic E-state index is 13.1. The van der Waals surface area contributed by atoms with Crippen molar-refractivity contribution >= 4 is 11.8 Å². The summed E-state index contributed by atoms with van der Waals surface area (Å²) in [7, 11) is 0. The van der Waals surface area contributed by atoms with Crippen LogP contribution in [0.25, 0.3) is 0 Å². The summed E-state index contributed by atoms with van der Waals surface area (Å²) in [5.41, 5.74) is 1.82. The third-order valence-electron chi connectivity index (χ3n) is 4.53. The van der Waals surface area contributed by atoms with Crippen molar-refractivity contribution in [2.75, 3.05) is 0 Å². The van der Waals surface area contributed by atoms with Crippen LogP contribution in [0.3, 0.4) is 0 Å². The number of hydrogen-bond donors (Lipinski definition) is 1. The number of amides is 2. The van der Waals surface area contributed by atoms with Crippen LogP contribution in [0.4, 0.5) is 4.39 Å². The van der Waals surface area contributed by atoms with Crippen molar-refractivity contribution < 1.29 is 14.0 Å². The molecule has 0 heterocycles. The van der Waals surface area contributed by atoms with Crippen molar-refractivity contribution in [3.63, 3.8) is 0 Å². The molecule has 4 nitrogen and oxygen atoms in total. The highest BCUT2D eigenvalue weighted by Gasteiger charge is 2.33. The van der Waals surface area contributed by atoms with Gasteiger partial charge >= 0.3 is 0 Å². The average molecular weight is 354 g/mol. The highest BCUT2D eigenvalue weighted by molar-refractivity contribution is 5.79. The Morgan fingerprint density at radius 2 is 1.77 bits per heavy atom. The molecule has 1 saturated carbocycles. The van der Waals surface area contributed by atoms with E-state index >= 15 is 0 Å². The smallest absolute Gasteiger partial charge is 0.225 e. The van der Waals surface area contributed by atoms with Crippen molar-refractivity contribution in [3.05, 3.63) is 71.5 Å². The molecule has 1 fully saturated rings. The maximum atomic E-state index is 13.1. The molecule has 0 bridgehead atoms. The van der Waals surface area contributed by atoms with Gasteiger partial charge in [0.25, 0.3) is 0 Å². The summed E-state index contributed by atoms with van der Waals surface area (Å²) in [6.45, 7) is 1.92. The molecule has 1 unspecified atom stereocenters. The highest BCUT2D eigenvalue weighted by atomic mass is 19.1. The molecule has 1 N–H and O–H groups in total. The summed E-state index contributed by atoms with van der Waals surface area (Å²) in [6, 6.07) is 15.6. The van der Waals surface area contributed by atoms with Crippen LogP contribution < -0.4 is 5.32 Å². The predicted octanol–water partition coefficient (Wildman–Crippen LogP) is 3.58. The molecule has 1 aliphatic rings. The fraction of sp³-hybridized carbons (Fsp3) is 0.333. The molecule has 2 amide bonds. The van der Waals surface area contributed by atoms with Gasteiger partial charge in [0.15, 0.2) is 0 Å². The quantitative estimate of drug-likeness (QED) is 0.826. The zero-order valence-electron chi connectivity index (χ0n) is 14.8. The van der Waals surface area contributed by atoms with Gasteiger partial charge in [0, 0.05) is 19.5 Å². The molecule has 0 radical (unpaired) electrons. The van der Waals surface area contributed by atoms with Gasteiger partial charge in [-0.2, -0.15) is 0 Å². The minimum absolute atomic E-state index is 0.000530. The Hall–Kier alpha value is -2.69. The molecule has 0 saturated heterocycles. The van der Waals surface area contributed by atoms with Gasteiger partial charge in [-0.15, -0.1) is 0 Å². The van der Waals surface area contributed by atoms with E-state index < -0.39 is 0 Å². The summed E-state index contributed by atoms with van der Waals surface area (Å²) in [5.74, 6) is -0.449. The Balaban J connectivity index is 1.73. The third kappa shape index (κ3) is 4.91. The molecule has 0 spiro atoms. The van der Waals surface area contributed by atoms with Crippen molar-refractivity contribution in [3.8, 4) is 0 Å². The lowest BCUT2D eigenvalue weighted by molar-refractivity contribution is -0.133. The second kappa shape index (κ2) is 8.13. The predicted molar refractivity (Wildman–Crippen MR) is 97.6 cm³/mol. The normalized spacial score (nSPS) is 14.5. The number of carbonyl (C=O) groups excluding carboxylic acids is 2. The minimum atomic E-state index is -0.351. The largest absolute Gasteiger partial charge is 0.349 e. The first kappa shape index (κ1) is 18.1. The molecular weight excluding hydrogens is 331 g/mol. The number of nitrogens with one attached hydrogen (secondary N) is 1. The van der Waals surface area contributed by atoms with E-state index in [1.54, 1.807) is 12.1 Å². The monoisotopic (exact) mass is 354 g/mol. The van der Waals surface area contributed by atoms with Crippen LogP contribution in [-0.2, 0) is 16.1 Å². The second-order valence-electron chi connectivity index (χ2n) is 6.75. The van der Waals surface area contributed by atoms with E-state index in [0.29, 0.717) is 6.54 Å². The second-order valence-corrected chi connectivity index (χ2v) is 6.75. The number of carbonyl (C=O) groups is 2. The first-order chi connectivity index (χ1) is 12.5. The maximum Gasteiger partial charge on any atom is 0.225 e. The Bertz CT molecular complexity index is 757. The molecule has 5 heteroatoms. The van der Waals surface area contributed by atoms with Gasteiger partial charge in [-0.25, -0.2) is 4.39 Å². The van der Waals surface area contributed by atoms with Gasteiger partial charge < -0.3 is 10.2 Å². The Kier molecular flexibility index (Phi) is 5.66. The van der Waals surface area contributed by atoms with Crippen molar-refractivity contribution in [1.82, 2.24) is 10.2 Å². The number of halogens is 1. The van der Waals surface area contributed by atoms with Gasteiger partial charge in [0.2, 0.25) is 11.8 Å². The zero-order valence-corrected chi connectivity index (χ0v) is 14.8. The summed E-state index contributed by atoms with van der Waals surface area (Å²) >= 11 is 0. The summed E-state index contributed by atoms with van der Waals surface area (Å²) < 4.78 is 13.1. The van der Waals surface area contributed by atoms with Crippen LogP contribution in [0.2, 0.25) is 0 Å². The van der Waals surface area contributed by atoms with Crippen molar-refractivity contribution in [1.29, 1.82) is 0 Å². The molecule has 3 rings (SSSR count). The van der Waals surface area contributed by atoms with Gasteiger partial charge in [0.1, 0.15) is 5.82 Å². The van der Waals surface area contributed by atoms with Crippen molar-refractivity contribution in [2.45, 2.75) is 44.8 Å². The van der Waals surface area contributed by atoms with E-state index in [2.05, 4.69) is 5.32 Å². The number of nitrogens with zero attached hydrogens (tertiary/aromatic N) is 1. The third-order valence-corrected chi connectivity index (χ3v) is 4.53. The van der Waals surface area contributed by atoms with Crippen LogP contribution in [-0.4, -0.2) is 22.8 Å². The van der Waals surface area contributed by atoms with E-state index in [4.69, 9.17) is 0 Å². The molecule has 0 aromatic heterocycles. The lowest BCUT2D eigenvalue weighted by atomic mass is 10.0.